The molecule has 0 saturated carbocycles. The van der Waals surface area contributed by atoms with E-state index in [4.69, 9.17) is 8.94 Å². The van der Waals surface area contributed by atoms with Crippen LogP contribution < -0.4 is 0 Å². The van der Waals surface area contributed by atoms with Gasteiger partial charge in [0.25, 0.3) is 0 Å². The van der Waals surface area contributed by atoms with Gasteiger partial charge in [0.2, 0.25) is 17.1 Å². The van der Waals surface area contributed by atoms with Gasteiger partial charge in [-0.25, -0.2) is 0 Å². The SMILES string of the molecule is CC(=O)c1onc2cc(C)oc12. The number of carbonyl (C=O) groups is 1. The van der Waals surface area contributed by atoms with Gasteiger partial charge >= 0.3 is 0 Å². The second kappa shape index (κ2) is 2.20. The van der Waals surface area contributed by atoms with Crippen LogP contribution in [0.25, 0.3) is 11.1 Å². The summed E-state index contributed by atoms with van der Waals surface area (Å²) in [7, 11) is 0. The largest absolute Gasteiger partial charge is 0.455 e. The summed E-state index contributed by atoms with van der Waals surface area (Å²) in [4.78, 5) is 10.9. The molecule has 0 unspecified atom stereocenters. The third-order valence-electron chi connectivity index (χ3n) is 1.60. The van der Waals surface area contributed by atoms with Crippen LogP contribution >= 0.6 is 0 Å². The molecule has 0 aliphatic rings. The molecule has 62 valence electrons. The minimum absolute atomic E-state index is 0.174. The van der Waals surface area contributed by atoms with Crippen LogP contribution in [0.5, 0.6) is 0 Å². The van der Waals surface area contributed by atoms with Crippen molar-refractivity contribution >= 4 is 16.9 Å². The highest BCUT2D eigenvalue weighted by molar-refractivity contribution is 6.01. The zero-order chi connectivity index (χ0) is 8.72. The maximum absolute atomic E-state index is 10.9. The van der Waals surface area contributed by atoms with Crippen molar-refractivity contribution in [3.05, 3.63) is 17.6 Å². The van der Waals surface area contributed by atoms with Crippen LogP contribution in [0.1, 0.15) is 23.2 Å². The summed E-state index contributed by atoms with van der Waals surface area (Å²) in [6.07, 6.45) is 0. The number of Topliss-reactive ketones (excluding diaryl/α,β-unsaturated/α-hetero) is 1. The van der Waals surface area contributed by atoms with Crippen molar-refractivity contribution in [2.75, 3.05) is 0 Å². The molecule has 0 radical (unpaired) electrons. The van der Waals surface area contributed by atoms with Crippen molar-refractivity contribution in [1.82, 2.24) is 5.16 Å². The first-order valence-electron chi connectivity index (χ1n) is 3.55. The first-order valence-corrected chi connectivity index (χ1v) is 3.55. The maximum atomic E-state index is 10.9. The van der Waals surface area contributed by atoms with Gasteiger partial charge in [-0.05, 0) is 6.92 Å². The molecule has 0 bridgehead atoms. The van der Waals surface area contributed by atoms with Gasteiger partial charge in [-0.3, -0.25) is 4.79 Å². The highest BCUT2D eigenvalue weighted by Gasteiger charge is 2.16. The third-order valence-corrected chi connectivity index (χ3v) is 1.60. The lowest BCUT2D eigenvalue weighted by atomic mass is 10.3. The van der Waals surface area contributed by atoms with Crippen LogP contribution in [0.3, 0.4) is 0 Å². The number of carbonyl (C=O) groups excluding carboxylic acids is 1. The Morgan fingerprint density at radius 3 is 3.00 bits per heavy atom. The smallest absolute Gasteiger partial charge is 0.245 e. The minimum atomic E-state index is -0.174. The Kier molecular flexibility index (Phi) is 1.30. The second-order valence-electron chi connectivity index (χ2n) is 2.64. The molecule has 2 rings (SSSR count). The molecule has 2 aromatic rings. The van der Waals surface area contributed by atoms with E-state index >= 15 is 0 Å². The number of hydrogen-bond donors (Lipinski definition) is 0. The summed E-state index contributed by atoms with van der Waals surface area (Å²) in [5, 5.41) is 3.67. The highest BCUT2D eigenvalue weighted by Crippen LogP contribution is 2.21. The number of ketones is 1. The van der Waals surface area contributed by atoms with E-state index in [0.29, 0.717) is 11.1 Å². The van der Waals surface area contributed by atoms with Crippen LogP contribution in [0.2, 0.25) is 0 Å². The molecule has 0 fully saturated rings. The molecule has 4 nitrogen and oxygen atoms in total. The number of hydrogen-bond acceptors (Lipinski definition) is 4. The molecule has 2 heterocycles. The summed E-state index contributed by atoms with van der Waals surface area (Å²) in [5.41, 5.74) is 1.04. The molecular formula is C8H7NO3. The minimum Gasteiger partial charge on any atom is -0.455 e. The molecule has 0 atom stereocenters. The van der Waals surface area contributed by atoms with Gasteiger partial charge in [0, 0.05) is 13.0 Å². The average Bonchev–Trinajstić information content (AvgIpc) is 2.43. The van der Waals surface area contributed by atoms with Gasteiger partial charge in [-0.1, -0.05) is 5.16 Å². The molecule has 0 aliphatic heterocycles. The zero-order valence-corrected chi connectivity index (χ0v) is 6.75. The summed E-state index contributed by atoms with van der Waals surface area (Å²) in [6, 6.07) is 1.73. The fraction of sp³-hybridized carbons (Fsp3) is 0.250. The summed E-state index contributed by atoms with van der Waals surface area (Å²) in [6.45, 7) is 3.21. The second-order valence-corrected chi connectivity index (χ2v) is 2.64. The van der Waals surface area contributed by atoms with Gasteiger partial charge in [-0.15, -0.1) is 0 Å². The highest BCUT2D eigenvalue weighted by atomic mass is 16.5. The van der Waals surface area contributed by atoms with Crippen molar-refractivity contribution in [1.29, 1.82) is 0 Å². The van der Waals surface area contributed by atoms with Crippen LogP contribution in [-0.4, -0.2) is 10.9 Å². The zero-order valence-electron chi connectivity index (χ0n) is 6.75. The Balaban J connectivity index is 2.76. The fourth-order valence-corrected chi connectivity index (χ4v) is 1.09. The average molecular weight is 165 g/mol. The Hall–Kier alpha value is -1.58. The Morgan fingerprint density at radius 1 is 1.58 bits per heavy atom. The van der Waals surface area contributed by atoms with Crippen molar-refractivity contribution in [2.45, 2.75) is 13.8 Å². The molecule has 0 spiro atoms. The Bertz CT molecular complexity index is 438. The summed E-state index contributed by atoms with van der Waals surface area (Å²) < 4.78 is 10.0. The predicted molar refractivity (Wildman–Crippen MR) is 41.0 cm³/mol. The van der Waals surface area contributed by atoms with Crippen molar-refractivity contribution < 1.29 is 13.7 Å². The molecule has 0 aromatic carbocycles. The van der Waals surface area contributed by atoms with Gasteiger partial charge in [0.05, 0.1) is 0 Å². The molecule has 0 aliphatic carbocycles. The van der Waals surface area contributed by atoms with E-state index in [9.17, 15) is 4.79 Å². The van der Waals surface area contributed by atoms with E-state index in [2.05, 4.69) is 5.16 Å². The van der Waals surface area contributed by atoms with Crippen LogP contribution in [0, 0.1) is 6.92 Å². The lowest BCUT2D eigenvalue weighted by Gasteiger charge is -1.83. The first-order chi connectivity index (χ1) is 5.68. The van der Waals surface area contributed by atoms with Crippen LogP contribution in [-0.2, 0) is 0 Å². The van der Waals surface area contributed by atoms with E-state index < -0.39 is 0 Å². The maximum Gasteiger partial charge on any atom is 0.245 e. The van der Waals surface area contributed by atoms with Crippen molar-refractivity contribution in [3.8, 4) is 0 Å². The molecule has 0 saturated heterocycles. The van der Waals surface area contributed by atoms with E-state index in [1.165, 1.54) is 6.92 Å². The van der Waals surface area contributed by atoms with E-state index in [0.717, 1.165) is 5.76 Å². The summed E-state index contributed by atoms with van der Waals surface area (Å²) in [5.74, 6) is 0.746. The van der Waals surface area contributed by atoms with E-state index in [1.807, 2.05) is 0 Å². The molecule has 2 aromatic heterocycles. The number of fused-ring (bicyclic) bond motifs is 1. The molecule has 12 heavy (non-hydrogen) atoms. The van der Waals surface area contributed by atoms with Gasteiger partial charge in [-0.2, -0.15) is 0 Å². The molecule has 0 amide bonds. The quantitative estimate of drug-likeness (QED) is 0.606. The molecule has 0 N–H and O–H groups in total. The van der Waals surface area contributed by atoms with Crippen LogP contribution in [0.15, 0.2) is 15.0 Å². The fourth-order valence-electron chi connectivity index (χ4n) is 1.09. The third kappa shape index (κ3) is 0.845. The van der Waals surface area contributed by atoms with Crippen LogP contribution in [0.4, 0.5) is 0 Å². The number of aromatic nitrogens is 1. The van der Waals surface area contributed by atoms with Gasteiger partial charge in [0.15, 0.2) is 5.52 Å². The van der Waals surface area contributed by atoms with E-state index in [1.54, 1.807) is 13.0 Å². The number of nitrogens with zero attached hydrogens (tertiary/aromatic N) is 1. The monoisotopic (exact) mass is 165 g/mol. The lowest BCUT2D eigenvalue weighted by molar-refractivity contribution is 0.0979. The normalized spacial score (nSPS) is 10.8. The first kappa shape index (κ1) is 7.09. The lowest BCUT2D eigenvalue weighted by Crippen LogP contribution is -1.87. The van der Waals surface area contributed by atoms with Crippen molar-refractivity contribution in [2.24, 2.45) is 0 Å². The number of furan rings is 1. The standard InChI is InChI=1S/C8H7NO3/c1-4-3-6-8(11-4)7(5(2)10)12-9-6/h3H,1-2H3. The summed E-state index contributed by atoms with van der Waals surface area (Å²) >= 11 is 0. The van der Waals surface area contributed by atoms with Crippen molar-refractivity contribution in [3.63, 3.8) is 0 Å². The Morgan fingerprint density at radius 2 is 2.33 bits per heavy atom. The topological polar surface area (TPSA) is 56.2 Å². The van der Waals surface area contributed by atoms with Gasteiger partial charge in [0.1, 0.15) is 5.76 Å². The Labute approximate surface area is 68.1 Å². The van der Waals surface area contributed by atoms with E-state index in [-0.39, 0.29) is 11.5 Å². The molecule has 4 heteroatoms. The predicted octanol–water partition coefficient (Wildman–Crippen LogP) is 1.93. The number of aryl methyl sites for hydroxylation is 1. The molecular weight excluding hydrogens is 158 g/mol. The number of rotatable bonds is 1. The van der Waals surface area contributed by atoms with Gasteiger partial charge < -0.3 is 8.94 Å².